The molecule has 0 N–H and O–H groups in total. The van der Waals surface area contributed by atoms with Crippen molar-refractivity contribution in [2.24, 2.45) is 0 Å². The molecule has 0 radical (unpaired) electrons. The van der Waals surface area contributed by atoms with Crippen molar-refractivity contribution in [1.29, 1.82) is 0 Å². The number of hydrogen-bond acceptors (Lipinski definition) is 6. The lowest BCUT2D eigenvalue weighted by atomic mass is 10.1. The Kier molecular flexibility index (Phi) is 4.00. The number of nitrogens with zero attached hydrogens (tertiary/aromatic N) is 4. The van der Waals surface area contributed by atoms with E-state index in [0.29, 0.717) is 25.6 Å². The summed E-state index contributed by atoms with van der Waals surface area (Å²) in [7, 11) is 0. The number of rotatable bonds is 3. The van der Waals surface area contributed by atoms with Gasteiger partial charge < -0.3 is 14.4 Å². The second-order valence-electron chi connectivity index (χ2n) is 5.86. The average molecular weight is 326 g/mol. The summed E-state index contributed by atoms with van der Waals surface area (Å²) in [6, 6.07) is 9.47. The van der Waals surface area contributed by atoms with Crippen LogP contribution in [-0.2, 0) is 6.54 Å². The van der Waals surface area contributed by atoms with Gasteiger partial charge in [-0.25, -0.2) is 0 Å². The van der Waals surface area contributed by atoms with Crippen LogP contribution in [0, 0.1) is 0 Å². The summed E-state index contributed by atoms with van der Waals surface area (Å²) in [5.74, 6) is 1.56. The zero-order chi connectivity index (χ0) is 16.4. The molecule has 2 aliphatic rings. The highest BCUT2D eigenvalue weighted by atomic mass is 16.7. The molecule has 0 saturated carbocycles. The molecular formula is C17H18N4O3. The molecule has 2 aromatic rings. The molecule has 0 bridgehead atoms. The molecule has 2 aliphatic heterocycles. The van der Waals surface area contributed by atoms with Crippen LogP contribution >= 0.6 is 0 Å². The van der Waals surface area contributed by atoms with Gasteiger partial charge in [-0.15, -0.1) is 5.10 Å². The van der Waals surface area contributed by atoms with Gasteiger partial charge in [0.1, 0.15) is 0 Å². The van der Waals surface area contributed by atoms with Gasteiger partial charge in [0.25, 0.3) is 5.91 Å². The zero-order valence-corrected chi connectivity index (χ0v) is 13.2. The van der Waals surface area contributed by atoms with Gasteiger partial charge in [-0.05, 0) is 29.8 Å². The fraction of sp³-hybridized carbons (Fsp3) is 0.353. The lowest BCUT2D eigenvalue weighted by Crippen LogP contribution is -2.48. The quantitative estimate of drug-likeness (QED) is 0.843. The van der Waals surface area contributed by atoms with Crippen molar-refractivity contribution in [3.8, 4) is 11.5 Å². The molecule has 1 saturated heterocycles. The first-order valence-corrected chi connectivity index (χ1v) is 7.97. The van der Waals surface area contributed by atoms with Gasteiger partial charge in [0.05, 0.1) is 0 Å². The molecule has 1 aromatic heterocycles. The molecule has 1 amide bonds. The van der Waals surface area contributed by atoms with Crippen LogP contribution in [0.4, 0.5) is 0 Å². The second kappa shape index (κ2) is 6.45. The second-order valence-corrected chi connectivity index (χ2v) is 5.86. The van der Waals surface area contributed by atoms with E-state index in [9.17, 15) is 4.79 Å². The Morgan fingerprint density at radius 3 is 2.71 bits per heavy atom. The molecule has 1 fully saturated rings. The first kappa shape index (κ1) is 14.9. The predicted octanol–water partition coefficient (Wildman–Crippen LogP) is 1.16. The third kappa shape index (κ3) is 3.03. The molecule has 0 aliphatic carbocycles. The summed E-state index contributed by atoms with van der Waals surface area (Å²) in [5.41, 5.74) is 1.59. The molecule has 7 heteroatoms. The van der Waals surface area contributed by atoms with Gasteiger partial charge in [0, 0.05) is 38.9 Å². The number of carbonyl (C=O) groups is 1. The van der Waals surface area contributed by atoms with E-state index in [0.717, 1.165) is 31.1 Å². The summed E-state index contributed by atoms with van der Waals surface area (Å²) in [5, 5.41) is 7.66. The van der Waals surface area contributed by atoms with Crippen molar-refractivity contribution in [2.45, 2.75) is 6.54 Å². The third-order valence-electron chi connectivity index (χ3n) is 4.29. The number of carbonyl (C=O) groups excluding carboxylic acids is 1. The van der Waals surface area contributed by atoms with Crippen molar-refractivity contribution in [3.05, 3.63) is 47.8 Å². The summed E-state index contributed by atoms with van der Waals surface area (Å²) in [6.07, 6.45) is 1.57. The van der Waals surface area contributed by atoms with E-state index in [1.807, 2.05) is 17.0 Å². The van der Waals surface area contributed by atoms with E-state index in [1.165, 1.54) is 5.56 Å². The molecular weight excluding hydrogens is 308 g/mol. The van der Waals surface area contributed by atoms with Crippen LogP contribution in [-0.4, -0.2) is 58.9 Å². The highest BCUT2D eigenvalue weighted by Crippen LogP contribution is 2.32. The Morgan fingerprint density at radius 1 is 1.08 bits per heavy atom. The number of ether oxygens (including phenoxy) is 2. The van der Waals surface area contributed by atoms with Crippen molar-refractivity contribution in [1.82, 2.24) is 20.0 Å². The predicted molar refractivity (Wildman–Crippen MR) is 85.8 cm³/mol. The number of piperazine rings is 1. The molecule has 24 heavy (non-hydrogen) atoms. The van der Waals surface area contributed by atoms with E-state index < -0.39 is 0 Å². The number of hydrogen-bond donors (Lipinski definition) is 0. The monoisotopic (exact) mass is 326 g/mol. The first-order valence-electron chi connectivity index (χ1n) is 7.97. The van der Waals surface area contributed by atoms with Gasteiger partial charge in [0.15, 0.2) is 17.2 Å². The smallest absolute Gasteiger partial charge is 0.274 e. The summed E-state index contributed by atoms with van der Waals surface area (Å²) in [6.45, 7) is 4.19. The molecule has 0 spiro atoms. The Bertz CT molecular complexity index is 730. The molecule has 0 atom stereocenters. The summed E-state index contributed by atoms with van der Waals surface area (Å²) >= 11 is 0. The van der Waals surface area contributed by atoms with E-state index in [4.69, 9.17) is 9.47 Å². The van der Waals surface area contributed by atoms with Crippen LogP contribution in [0.5, 0.6) is 11.5 Å². The largest absolute Gasteiger partial charge is 0.454 e. The number of aromatic nitrogens is 2. The van der Waals surface area contributed by atoms with Gasteiger partial charge in [-0.3, -0.25) is 9.69 Å². The fourth-order valence-corrected chi connectivity index (χ4v) is 2.98. The minimum absolute atomic E-state index is 0.0502. The topological polar surface area (TPSA) is 67.8 Å². The first-order chi connectivity index (χ1) is 11.8. The molecule has 124 valence electrons. The van der Waals surface area contributed by atoms with Crippen LogP contribution in [0.15, 0.2) is 36.5 Å². The van der Waals surface area contributed by atoms with Crippen LogP contribution in [0.2, 0.25) is 0 Å². The number of fused-ring (bicyclic) bond motifs is 1. The highest BCUT2D eigenvalue weighted by molar-refractivity contribution is 5.92. The van der Waals surface area contributed by atoms with Gasteiger partial charge in [-0.1, -0.05) is 6.07 Å². The van der Waals surface area contributed by atoms with E-state index in [-0.39, 0.29) is 5.91 Å². The summed E-state index contributed by atoms with van der Waals surface area (Å²) in [4.78, 5) is 16.5. The molecule has 1 aromatic carbocycles. The Balaban J connectivity index is 1.34. The Hall–Kier alpha value is -2.67. The minimum atomic E-state index is -0.0502. The SMILES string of the molecule is O=C(c1cccnn1)N1CCN(Cc2ccc3c(c2)OCO3)CC1. The zero-order valence-electron chi connectivity index (χ0n) is 13.2. The van der Waals surface area contributed by atoms with Crippen molar-refractivity contribution in [3.63, 3.8) is 0 Å². The van der Waals surface area contributed by atoms with Gasteiger partial charge in [-0.2, -0.15) is 5.10 Å². The lowest BCUT2D eigenvalue weighted by Gasteiger charge is -2.34. The van der Waals surface area contributed by atoms with Crippen LogP contribution < -0.4 is 9.47 Å². The van der Waals surface area contributed by atoms with Crippen LogP contribution in [0.1, 0.15) is 16.1 Å². The van der Waals surface area contributed by atoms with Crippen molar-refractivity contribution >= 4 is 5.91 Å². The molecule has 7 nitrogen and oxygen atoms in total. The molecule has 4 rings (SSSR count). The fourth-order valence-electron chi connectivity index (χ4n) is 2.98. The minimum Gasteiger partial charge on any atom is -0.454 e. The number of benzene rings is 1. The highest BCUT2D eigenvalue weighted by Gasteiger charge is 2.23. The Labute approximate surface area is 139 Å². The van der Waals surface area contributed by atoms with Gasteiger partial charge in [0.2, 0.25) is 6.79 Å². The maximum atomic E-state index is 12.4. The van der Waals surface area contributed by atoms with Crippen LogP contribution in [0.25, 0.3) is 0 Å². The average Bonchev–Trinajstić information content (AvgIpc) is 3.10. The Morgan fingerprint density at radius 2 is 1.92 bits per heavy atom. The molecule has 3 heterocycles. The third-order valence-corrected chi connectivity index (χ3v) is 4.29. The maximum Gasteiger partial charge on any atom is 0.274 e. The van der Waals surface area contributed by atoms with E-state index in [1.54, 1.807) is 18.3 Å². The lowest BCUT2D eigenvalue weighted by molar-refractivity contribution is 0.0621. The van der Waals surface area contributed by atoms with E-state index in [2.05, 4.69) is 21.2 Å². The van der Waals surface area contributed by atoms with Crippen molar-refractivity contribution < 1.29 is 14.3 Å². The number of amides is 1. The van der Waals surface area contributed by atoms with Crippen molar-refractivity contribution in [2.75, 3.05) is 33.0 Å². The summed E-state index contributed by atoms with van der Waals surface area (Å²) < 4.78 is 10.8. The molecule has 0 unspecified atom stereocenters. The maximum absolute atomic E-state index is 12.4. The van der Waals surface area contributed by atoms with E-state index >= 15 is 0 Å². The van der Waals surface area contributed by atoms with Gasteiger partial charge >= 0.3 is 0 Å². The normalized spacial score (nSPS) is 17.1. The van der Waals surface area contributed by atoms with Crippen LogP contribution in [0.3, 0.4) is 0 Å². The standard InChI is InChI=1S/C17H18N4O3/c22-17(14-2-1-5-18-19-14)21-8-6-20(7-9-21)11-13-3-4-15-16(10-13)24-12-23-15/h1-5,10H,6-9,11-12H2.